The van der Waals surface area contributed by atoms with Gasteiger partial charge in [0, 0.05) is 12.7 Å². The molecule has 1 aromatic rings. The van der Waals surface area contributed by atoms with E-state index in [-0.39, 0.29) is 11.9 Å². The number of nitrogens with one attached hydrogen (secondary N) is 1. The summed E-state index contributed by atoms with van der Waals surface area (Å²) in [5.74, 6) is 0.0231. The molecule has 1 amide bonds. The van der Waals surface area contributed by atoms with E-state index in [1.54, 1.807) is 10.9 Å². The third-order valence-corrected chi connectivity index (χ3v) is 1.72. The Labute approximate surface area is 63.4 Å². The van der Waals surface area contributed by atoms with Crippen LogP contribution in [0.5, 0.6) is 0 Å². The average Bonchev–Trinajstić information content (AvgIpc) is 2.33. The van der Waals surface area contributed by atoms with Crippen molar-refractivity contribution in [3.05, 3.63) is 11.9 Å². The first-order chi connectivity index (χ1) is 5.27. The van der Waals surface area contributed by atoms with E-state index in [9.17, 15) is 4.79 Å². The summed E-state index contributed by atoms with van der Waals surface area (Å²) in [7, 11) is 0. The molecule has 0 aliphatic carbocycles. The van der Waals surface area contributed by atoms with E-state index >= 15 is 0 Å². The van der Waals surface area contributed by atoms with Crippen LogP contribution in [0, 0.1) is 6.92 Å². The number of aryl methyl sites for hydroxylation is 1. The summed E-state index contributed by atoms with van der Waals surface area (Å²) in [5.41, 5.74) is 0.838. The van der Waals surface area contributed by atoms with E-state index in [1.165, 1.54) is 0 Å². The molecule has 0 aromatic carbocycles. The Hall–Kier alpha value is -1.39. The van der Waals surface area contributed by atoms with Crippen LogP contribution in [0.15, 0.2) is 6.20 Å². The normalized spacial score (nSPS) is 22.6. The smallest absolute Gasteiger partial charge is 0.246 e. The second kappa shape index (κ2) is 2.05. The van der Waals surface area contributed by atoms with Gasteiger partial charge >= 0.3 is 0 Å². The SMILES string of the molecule is Cc1cn(C2CNC2=O)nn1. The Bertz CT molecular complexity index is 293. The van der Waals surface area contributed by atoms with Crippen LogP contribution in [-0.2, 0) is 4.79 Å². The Morgan fingerprint density at radius 3 is 3.00 bits per heavy atom. The molecule has 5 nitrogen and oxygen atoms in total. The number of carbonyl (C=O) groups is 1. The molecule has 1 N–H and O–H groups in total. The highest BCUT2D eigenvalue weighted by atomic mass is 16.2. The van der Waals surface area contributed by atoms with Gasteiger partial charge in [-0.1, -0.05) is 5.21 Å². The van der Waals surface area contributed by atoms with Crippen LogP contribution in [0.1, 0.15) is 11.7 Å². The lowest BCUT2D eigenvalue weighted by Crippen LogP contribution is -2.49. The Morgan fingerprint density at radius 1 is 1.82 bits per heavy atom. The van der Waals surface area contributed by atoms with Crippen molar-refractivity contribution in [2.75, 3.05) is 6.54 Å². The highest BCUT2D eigenvalue weighted by Crippen LogP contribution is 2.10. The molecule has 0 saturated carbocycles. The zero-order valence-electron chi connectivity index (χ0n) is 6.11. The lowest BCUT2D eigenvalue weighted by Gasteiger charge is -2.25. The van der Waals surface area contributed by atoms with Gasteiger partial charge in [0.15, 0.2) is 0 Å². The molecule has 1 unspecified atom stereocenters. The maximum atomic E-state index is 10.8. The standard InChI is InChI=1S/C6H8N4O/c1-4-3-10(9-8-4)5-2-7-6(5)11/h3,5H,2H2,1H3,(H,7,11). The maximum Gasteiger partial charge on any atom is 0.246 e. The number of amides is 1. The monoisotopic (exact) mass is 152 g/mol. The molecule has 1 atom stereocenters. The van der Waals surface area contributed by atoms with Crippen LogP contribution in [-0.4, -0.2) is 27.4 Å². The molecule has 1 saturated heterocycles. The molecule has 0 radical (unpaired) electrons. The lowest BCUT2D eigenvalue weighted by molar-refractivity contribution is -0.130. The van der Waals surface area contributed by atoms with Crippen molar-refractivity contribution < 1.29 is 4.79 Å². The predicted octanol–water partition coefficient (Wildman–Crippen LogP) is -0.743. The third-order valence-electron chi connectivity index (χ3n) is 1.72. The fraction of sp³-hybridized carbons (Fsp3) is 0.500. The van der Waals surface area contributed by atoms with Gasteiger partial charge in [0.2, 0.25) is 5.91 Å². The minimum Gasteiger partial charge on any atom is -0.351 e. The van der Waals surface area contributed by atoms with E-state index in [4.69, 9.17) is 0 Å². The predicted molar refractivity (Wildman–Crippen MR) is 36.8 cm³/mol. The molecular weight excluding hydrogens is 144 g/mol. The Morgan fingerprint density at radius 2 is 2.64 bits per heavy atom. The molecule has 11 heavy (non-hydrogen) atoms. The first-order valence-corrected chi connectivity index (χ1v) is 3.43. The van der Waals surface area contributed by atoms with Gasteiger partial charge in [0.1, 0.15) is 6.04 Å². The zero-order chi connectivity index (χ0) is 7.84. The van der Waals surface area contributed by atoms with Gasteiger partial charge in [-0.25, -0.2) is 4.68 Å². The van der Waals surface area contributed by atoms with Crippen LogP contribution in [0.2, 0.25) is 0 Å². The first-order valence-electron chi connectivity index (χ1n) is 3.43. The number of β-lactam (4-membered cyclic amide) rings is 1. The van der Waals surface area contributed by atoms with E-state index in [1.807, 2.05) is 6.92 Å². The second-order valence-corrected chi connectivity index (χ2v) is 2.60. The van der Waals surface area contributed by atoms with Crippen molar-refractivity contribution in [2.45, 2.75) is 13.0 Å². The van der Waals surface area contributed by atoms with Gasteiger partial charge in [-0.05, 0) is 6.92 Å². The van der Waals surface area contributed by atoms with Crippen molar-refractivity contribution >= 4 is 5.91 Å². The summed E-state index contributed by atoms with van der Waals surface area (Å²) in [4.78, 5) is 10.8. The number of hydrogen-bond acceptors (Lipinski definition) is 3. The van der Waals surface area contributed by atoms with Gasteiger partial charge in [-0.2, -0.15) is 0 Å². The van der Waals surface area contributed by atoms with Crippen molar-refractivity contribution in [3.63, 3.8) is 0 Å². The molecule has 2 rings (SSSR count). The second-order valence-electron chi connectivity index (χ2n) is 2.60. The highest BCUT2D eigenvalue weighted by molar-refractivity contribution is 5.85. The Kier molecular flexibility index (Phi) is 1.18. The molecule has 0 spiro atoms. The molecular formula is C6H8N4O. The fourth-order valence-electron chi connectivity index (χ4n) is 1.01. The topological polar surface area (TPSA) is 59.8 Å². The van der Waals surface area contributed by atoms with Crippen LogP contribution in [0.4, 0.5) is 0 Å². The summed E-state index contributed by atoms with van der Waals surface area (Å²) in [6, 6.07) is -0.129. The van der Waals surface area contributed by atoms with Gasteiger partial charge in [0.25, 0.3) is 0 Å². The highest BCUT2D eigenvalue weighted by Gasteiger charge is 2.29. The summed E-state index contributed by atoms with van der Waals surface area (Å²) in [5, 5.41) is 10.2. The van der Waals surface area contributed by atoms with E-state index < -0.39 is 0 Å². The van der Waals surface area contributed by atoms with E-state index in [0.717, 1.165) is 5.69 Å². The molecule has 1 aliphatic heterocycles. The third kappa shape index (κ3) is 0.886. The fourth-order valence-corrected chi connectivity index (χ4v) is 1.01. The summed E-state index contributed by atoms with van der Waals surface area (Å²) in [6.07, 6.45) is 1.77. The first kappa shape index (κ1) is 6.33. The van der Waals surface area contributed by atoms with Crippen molar-refractivity contribution in [1.29, 1.82) is 0 Å². The quantitative estimate of drug-likeness (QED) is 0.539. The molecule has 58 valence electrons. The van der Waals surface area contributed by atoms with Gasteiger partial charge < -0.3 is 5.32 Å². The molecule has 0 bridgehead atoms. The van der Waals surface area contributed by atoms with E-state index in [2.05, 4.69) is 15.6 Å². The molecule has 1 fully saturated rings. The van der Waals surface area contributed by atoms with E-state index in [0.29, 0.717) is 6.54 Å². The summed E-state index contributed by atoms with van der Waals surface area (Å²) < 4.78 is 1.59. The van der Waals surface area contributed by atoms with Crippen LogP contribution < -0.4 is 5.32 Å². The van der Waals surface area contributed by atoms with Crippen LogP contribution >= 0.6 is 0 Å². The number of aromatic nitrogens is 3. The largest absolute Gasteiger partial charge is 0.351 e. The summed E-state index contributed by atoms with van der Waals surface area (Å²) >= 11 is 0. The van der Waals surface area contributed by atoms with Crippen LogP contribution in [0.25, 0.3) is 0 Å². The van der Waals surface area contributed by atoms with Crippen LogP contribution in [0.3, 0.4) is 0 Å². The molecule has 2 heterocycles. The number of rotatable bonds is 1. The number of hydrogen-bond donors (Lipinski definition) is 1. The van der Waals surface area contributed by atoms with Gasteiger partial charge in [0.05, 0.1) is 5.69 Å². The minimum absolute atomic E-state index is 0.0231. The van der Waals surface area contributed by atoms with Crippen molar-refractivity contribution in [1.82, 2.24) is 20.3 Å². The van der Waals surface area contributed by atoms with Crippen molar-refractivity contribution in [3.8, 4) is 0 Å². The minimum atomic E-state index is -0.129. The average molecular weight is 152 g/mol. The molecule has 1 aromatic heterocycles. The molecule has 5 heteroatoms. The maximum absolute atomic E-state index is 10.8. The van der Waals surface area contributed by atoms with Gasteiger partial charge in [-0.15, -0.1) is 5.10 Å². The lowest BCUT2D eigenvalue weighted by atomic mass is 10.2. The molecule has 1 aliphatic rings. The number of carbonyl (C=O) groups excluding carboxylic acids is 1. The zero-order valence-corrected chi connectivity index (χ0v) is 6.11. The Balaban J connectivity index is 2.23. The van der Waals surface area contributed by atoms with Gasteiger partial charge in [-0.3, -0.25) is 4.79 Å². The number of nitrogens with zero attached hydrogens (tertiary/aromatic N) is 3. The summed E-state index contributed by atoms with van der Waals surface area (Å²) in [6.45, 7) is 2.52. The van der Waals surface area contributed by atoms with Crippen molar-refractivity contribution in [2.24, 2.45) is 0 Å².